The lowest BCUT2D eigenvalue weighted by molar-refractivity contribution is -0.126. The van der Waals surface area contributed by atoms with Gasteiger partial charge < -0.3 is 10.1 Å². The molecule has 1 fully saturated rings. The number of carbonyl (C=O) groups is 2. The number of amides is 2. The molecule has 8 heteroatoms. The van der Waals surface area contributed by atoms with Gasteiger partial charge in [0, 0.05) is 19.5 Å². The average molecular weight is 396 g/mol. The van der Waals surface area contributed by atoms with Crippen molar-refractivity contribution >= 4 is 28.5 Å². The van der Waals surface area contributed by atoms with E-state index in [-0.39, 0.29) is 36.0 Å². The number of halogens is 1. The molecule has 0 spiro atoms. The summed E-state index contributed by atoms with van der Waals surface area (Å²) in [4.78, 5) is 26.4. The van der Waals surface area contributed by atoms with E-state index >= 15 is 0 Å². The Morgan fingerprint density at radius 3 is 2.86 bits per heavy atom. The largest absolute Gasteiger partial charge is 0.497 e. The Balaban J connectivity index is 1.37. The second-order valence-corrected chi connectivity index (χ2v) is 7.00. The van der Waals surface area contributed by atoms with Crippen LogP contribution in [0.25, 0.3) is 10.9 Å². The first-order valence-corrected chi connectivity index (χ1v) is 9.40. The number of methoxy groups -OCH3 is 1. The van der Waals surface area contributed by atoms with Gasteiger partial charge in [-0.05, 0) is 36.2 Å². The first-order valence-electron chi connectivity index (χ1n) is 9.40. The number of benzene rings is 2. The number of aromatic amines is 1. The van der Waals surface area contributed by atoms with Crippen molar-refractivity contribution in [3.63, 3.8) is 0 Å². The first-order chi connectivity index (χ1) is 14.1. The fraction of sp³-hybridized carbons (Fsp3) is 0.286. The number of rotatable bonds is 6. The SMILES string of the molecule is COc1ccc(CCNC(=O)[C@H]2CC(=O)N(c3n[nH]c4cccc(F)c34)C2)cc1. The Bertz CT molecular complexity index is 1050. The van der Waals surface area contributed by atoms with Crippen molar-refractivity contribution in [2.75, 3.05) is 25.1 Å². The zero-order valence-corrected chi connectivity index (χ0v) is 15.9. The molecule has 0 unspecified atom stereocenters. The van der Waals surface area contributed by atoms with Gasteiger partial charge in [-0.15, -0.1) is 0 Å². The molecule has 4 rings (SSSR count). The van der Waals surface area contributed by atoms with Crippen LogP contribution in [0.5, 0.6) is 5.75 Å². The molecule has 1 aliphatic rings. The number of ether oxygens (including phenoxy) is 1. The molecule has 150 valence electrons. The van der Waals surface area contributed by atoms with E-state index in [0.29, 0.717) is 18.5 Å². The van der Waals surface area contributed by atoms with Crippen molar-refractivity contribution in [1.29, 1.82) is 0 Å². The Morgan fingerprint density at radius 1 is 1.31 bits per heavy atom. The number of aromatic nitrogens is 2. The first kappa shape index (κ1) is 18.9. The molecule has 2 aromatic carbocycles. The highest BCUT2D eigenvalue weighted by molar-refractivity contribution is 6.05. The minimum atomic E-state index is -0.489. The van der Waals surface area contributed by atoms with Gasteiger partial charge in [0.2, 0.25) is 11.8 Å². The number of hydrogen-bond donors (Lipinski definition) is 2. The number of anilines is 1. The minimum absolute atomic E-state index is 0.0805. The minimum Gasteiger partial charge on any atom is -0.497 e. The van der Waals surface area contributed by atoms with Crippen LogP contribution in [-0.4, -0.2) is 42.2 Å². The summed E-state index contributed by atoms with van der Waals surface area (Å²) < 4.78 is 19.3. The lowest BCUT2D eigenvalue weighted by Gasteiger charge is -2.14. The Kier molecular flexibility index (Phi) is 5.16. The van der Waals surface area contributed by atoms with Gasteiger partial charge in [0.25, 0.3) is 0 Å². The van der Waals surface area contributed by atoms with E-state index in [0.717, 1.165) is 11.3 Å². The maximum atomic E-state index is 14.2. The summed E-state index contributed by atoms with van der Waals surface area (Å²) in [5.41, 5.74) is 1.59. The van der Waals surface area contributed by atoms with E-state index in [1.165, 1.54) is 11.0 Å². The van der Waals surface area contributed by atoms with Crippen molar-refractivity contribution in [2.24, 2.45) is 5.92 Å². The number of fused-ring (bicyclic) bond motifs is 1. The lowest BCUT2D eigenvalue weighted by Crippen LogP contribution is -2.34. The van der Waals surface area contributed by atoms with Crippen LogP contribution >= 0.6 is 0 Å². The van der Waals surface area contributed by atoms with Gasteiger partial charge in [0.05, 0.1) is 23.9 Å². The van der Waals surface area contributed by atoms with Gasteiger partial charge in [-0.1, -0.05) is 18.2 Å². The number of nitrogens with zero attached hydrogens (tertiary/aromatic N) is 2. The zero-order valence-electron chi connectivity index (χ0n) is 15.9. The van der Waals surface area contributed by atoms with Crippen molar-refractivity contribution in [3.8, 4) is 5.75 Å². The second-order valence-electron chi connectivity index (χ2n) is 7.00. The lowest BCUT2D eigenvalue weighted by atomic mass is 10.1. The molecule has 2 amide bonds. The molecule has 2 N–H and O–H groups in total. The average Bonchev–Trinajstić information content (AvgIpc) is 3.32. The van der Waals surface area contributed by atoms with E-state index in [2.05, 4.69) is 15.5 Å². The zero-order chi connectivity index (χ0) is 20.4. The molecule has 7 nitrogen and oxygen atoms in total. The monoisotopic (exact) mass is 396 g/mol. The summed E-state index contributed by atoms with van der Waals surface area (Å²) in [5.74, 6) is -0.351. The highest BCUT2D eigenvalue weighted by atomic mass is 19.1. The summed E-state index contributed by atoms with van der Waals surface area (Å²) >= 11 is 0. The molecular weight excluding hydrogens is 375 g/mol. The summed E-state index contributed by atoms with van der Waals surface area (Å²) in [5, 5.41) is 9.98. The predicted molar refractivity (Wildman–Crippen MR) is 106 cm³/mol. The number of carbonyl (C=O) groups excluding carboxylic acids is 2. The van der Waals surface area contributed by atoms with E-state index < -0.39 is 11.7 Å². The van der Waals surface area contributed by atoms with Crippen LogP contribution in [-0.2, 0) is 16.0 Å². The van der Waals surface area contributed by atoms with Crippen LogP contribution in [0.2, 0.25) is 0 Å². The summed E-state index contributed by atoms with van der Waals surface area (Å²) in [6.07, 6.45) is 0.756. The maximum absolute atomic E-state index is 14.2. The molecule has 0 bridgehead atoms. The van der Waals surface area contributed by atoms with Gasteiger partial charge >= 0.3 is 0 Å². The predicted octanol–water partition coefficient (Wildman–Crippen LogP) is 2.42. The fourth-order valence-electron chi connectivity index (χ4n) is 3.56. The summed E-state index contributed by atoms with van der Waals surface area (Å²) in [6, 6.07) is 12.2. The van der Waals surface area contributed by atoms with Crippen molar-refractivity contribution in [2.45, 2.75) is 12.8 Å². The van der Waals surface area contributed by atoms with Crippen LogP contribution in [0.1, 0.15) is 12.0 Å². The van der Waals surface area contributed by atoms with Crippen LogP contribution < -0.4 is 15.0 Å². The third-order valence-corrected chi connectivity index (χ3v) is 5.14. The van der Waals surface area contributed by atoms with Crippen LogP contribution in [0.15, 0.2) is 42.5 Å². The number of hydrogen-bond acceptors (Lipinski definition) is 4. The van der Waals surface area contributed by atoms with Crippen LogP contribution in [0, 0.1) is 11.7 Å². The molecule has 29 heavy (non-hydrogen) atoms. The van der Waals surface area contributed by atoms with Gasteiger partial charge in [0.1, 0.15) is 11.6 Å². The maximum Gasteiger partial charge on any atom is 0.229 e. The number of H-pyrrole nitrogens is 1. The van der Waals surface area contributed by atoms with Gasteiger partial charge in [-0.3, -0.25) is 19.6 Å². The molecular formula is C21H21FN4O3. The van der Waals surface area contributed by atoms with Crippen LogP contribution in [0.4, 0.5) is 10.2 Å². The second kappa shape index (κ2) is 7.90. The quantitative estimate of drug-likeness (QED) is 0.670. The van der Waals surface area contributed by atoms with Gasteiger partial charge in [-0.2, -0.15) is 5.10 Å². The Labute approximate surface area is 166 Å². The third kappa shape index (κ3) is 3.78. The molecule has 3 aromatic rings. The van der Waals surface area contributed by atoms with E-state index in [1.54, 1.807) is 19.2 Å². The van der Waals surface area contributed by atoms with Crippen molar-refractivity contribution in [1.82, 2.24) is 15.5 Å². The topological polar surface area (TPSA) is 87.3 Å². The van der Waals surface area contributed by atoms with Gasteiger partial charge in [0.15, 0.2) is 5.82 Å². The van der Waals surface area contributed by atoms with E-state index in [1.807, 2.05) is 24.3 Å². The van der Waals surface area contributed by atoms with E-state index in [9.17, 15) is 14.0 Å². The standard InChI is InChI=1S/C21H21FN4O3/c1-29-15-7-5-13(6-8-15)9-10-23-21(28)14-11-18(27)26(12-14)20-19-16(22)3-2-4-17(19)24-25-20/h2-8,14H,9-12H2,1H3,(H,23,28)(H,24,25)/t14-/m0/s1. The molecule has 1 aliphatic heterocycles. The molecule has 0 aliphatic carbocycles. The number of nitrogens with one attached hydrogen (secondary N) is 2. The normalized spacial score (nSPS) is 16.4. The molecule has 1 atom stereocenters. The highest BCUT2D eigenvalue weighted by Crippen LogP contribution is 2.31. The van der Waals surface area contributed by atoms with Gasteiger partial charge in [-0.25, -0.2) is 4.39 Å². The molecule has 1 aromatic heterocycles. The molecule has 2 heterocycles. The summed E-state index contributed by atoms with van der Waals surface area (Å²) in [7, 11) is 1.61. The smallest absolute Gasteiger partial charge is 0.229 e. The van der Waals surface area contributed by atoms with E-state index in [4.69, 9.17) is 4.74 Å². The summed E-state index contributed by atoms with van der Waals surface area (Å²) in [6.45, 7) is 0.650. The fourth-order valence-corrected chi connectivity index (χ4v) is 3.56. The highest BCUT2D eigenvalue weighted by Gasteiger charge is 2.37. The molecule has 0 saturated carbocycles. The molecule has 0 radical (unpaired) electrons. The van der Waals surface area contributed by atoms with Crippen molar-refractivity contribution in [3.05, 3.63) is 53.8 Å². The molecule has 1 saturated heterocycles. The third-order valence-electron chi connectivity index (χ3n) is 5.14. The van der Waals surface area contributed by atoms with Crippen LogP contribution in [0.3, 0.4) is 0 Å². The van der Waals surface area contributed by atoms with Crippen molar-refractivity contribution < 1.29 is 18.7 Å². The Hall–Kier alpha value is -3.42. The Morgan fingerprint density at radius 2 is 2.10 bits per heavy atom.